The van der Waals surface area contributed by atoms with E-state index >= 15 is 0 Å². The van der Waals surface area contributed by atoms with Crippen molar-refractivity contribution in [3.05, 3.63) is 114 Å². The normalized spacial score (nSPS) is 14.1. The van der Waals surface area contributed by atoms with Crippen LogP contribution in [0.5, 0.6) is 0 Å². The first kappa shape index (κ1) is 28.4. The van der Waals surface area contributed by atoms with E-state index < -0.39 is 5.60 Å². The van der Waals surface area contributed by atoms with Gasteiger partial charge in [0.1, 0.15) is 5.60 Å². The molecule has 0 radical (unpaired) electrons. The highest BCUT2D eigenvalue weighted by Crippen LogP contribution is 2.36. The van der Waals surface area contributed by atoms with Crippen LogP contribution in [0.15, 0.2) is 97.1 Å². The summed E-state index contributed by atoms with van der Waals surface area (Å²) in [5.41, 5.74) is 9.11. The zero-order valence-corrected chi connectivity index (χ0v) is 24.9. The number of anilines is 3. The number of hydrogen-bond donors (Lipinski definition) is 0. The molecule has 0 spiro atoms. The van der Waals surface area contributed by atoms with Crippen LogP contribution in [0.25, 0.3) is 11.1 Å². The van der Waals surface area contributed by atoms with E-state index in [1.165, 1.54) is 27.8 Å². The SMILES string of the molecule is Cc1ccc(N(c2ccc(C)cc2)c2ccc(-c3cccc(CN4CCN(C(=O)OC(C)(C)C)CC4)c3)cc2)cc1. The van der Waals surface area contributed by atoms with E-state index in [-0.39, 0.29) is 6.09 Å². The van der Waals surface area contributed by atoms with Crippen molar-refractivity contribution in [3.8, 4) is 11.1 Å². The average Bonchev–Trinajstić information content (AvgIpc) is 2.95. The molecule has 0 N–H and O–H groups in total. The summed E-state index contributed by atoms with van der Waals surface area (Å²) < 4.78 is 5.54. The van der Waals surface area contributed by atoms with Gasteiger partial charge in [0.05, 0.1) is 0 Å². The maximum Gasteiger partial charge on any atom is 0.410 e. The van der Waals surface area contributed by atoms with E-state index in [9.17, 15) is 4.79 Å². The molecule has 5 nitrogen and oxygen atoms in total. The highest BCUT2D eigenvalue weighted by atomic mass is 16.6. The Kier molecular flexibility index (Phi) is 8.46. The lowest BCUT2D eigenvalue weighted by molar-refractivity contribution is 0.0139. The first-order chi connectivity index (χ1) is 19.6. The average molecular weight is 548 g/mol. The Morgan fingerprint density at radius 2 is 1.22 bits per heavy atom. The van der Waals surface area contributed by atoms with Gasteiger partial charge in [-0.2, -0.15) is 0 Å². The number of aryl methyl sites for hydroxylation is 2. The zero-order valence-electron chi connectivity index (χ0n) is 24.9. The van der Waals surface area contributed by atoms with Gasteiger partial charge in [-0.05, 0) is 93.8 Å². The van der Waals surface area contributed by atoms with Gasteiger partial charge in [0.2, 0.25) is 0 Å². The van der Waals surface area contributed by atoms with Gasteiger partial charge in [0.15, 0.2) is 0 Å². The fraction of sp³-hybridized carbons (Fsp3) is 0.306. The highest BCUT2D eigenvalue weighted by molar-refractivity contribution is 5.78. The molecule has 0 saturated carbocycles. The summed E-state index contributed by atoms with van der Waals surface area (Å²) in [5.74, 6) is 0. The predicted molar refractivity (Wildman–Crippen MR) is 169 cm³/mol. The summed E-state index contributed by atoms with van der Waals surface area (Å²) in [4.78, 5) is 18.9. The van der Waals surface area contributed by atoms with Crippen LogP contribution >= 0.6 is 0 Å². The third kappa shape index (κ3) is 7.36. The maximum atomic E-state index is 12.4. The van der Waals surface area contributed by atoms with Crippen molar-refractivity contribution in [2.75, 3.05) is 31.1 Å². The maximum absolute atomic E-state index is 12.4. The molecule has 0 unspecified atom stereocenters. The molecule has 5 rings (SSSR count). The van der Waals surface area contributed by atoms with E-state index in [2.05, 4.69) is 121 Å². The lowest BCUT2D eigenvalue weighted by Gasteiger charge is -2.35. The third-order valence-corrected chi connectivity index (χ3v) is 7.40. The third-order valence-electron chi connectivity index (χ3n) is 7.40. The van der Waals surface area contributed by atoms with Gasteiger partial charge in [-0.3, -0.25) is 4.90 Å². The van der Waals surface area contributed by atoms with E-state index in [0.29, 0.717) is 13.1 Å². The molecule has 1 amide bonds. The van der Waals surface area contributed by atoms with Gasteiger partial charge >= 0.3 is 6.09 Å². The van der Waals surface area contributed by atoms with Crippen molar-refractivity contribution >= 4 is 23.2 Å². The van der Waals surface area contributed by atoms with E-state index in [4.69, 9.17) is 4.74 Å². The molecule has 0 atom stereocenters. The van der Waals surface area contributed by atoms with Gasteiger partial charge < -0.3 is 14.5 Å². The number of hydrogen-bond acceptors (Lipinski definition) is 4. The van der Waals surface area contributed by atoms with Crippen LogP contribution in [0.3, 0.4) is 0 Å². The van der Waals surface area contributed by atoms with Crippen molar-refractivity contribution in [1.29, 1.82) is 0 Å². The van der Waals surface area contributed by atoms with Crippen molar-refractivity contribution < 1.29 is 9.53 Å². The molecule has 1 fully saturated rings. The lowest BCUT2D eigenvalue weighted by Crippen LogP contribution is -2.49. The van der Waals surface area contributed by atoms with E-state index in [0.717, 1.165) is 36.7 Å². The zero-order chi connectivity index (χ0) is 29.0. The van der Waals surface area contributed by atoms with E-state index in [1.807, 2.05) is 25.7 Å². The summed E-state index contributed by atoms with van der Waals surface area (Å²) in [6, 6.07) is 35.0. The van der Waals surface area contributed by atoms with Crippen LogP contribution in [0.4, 0.5) is 21.9 Å². The minimum Gasteiger partial charge on any atom is -0.444 e. The monoisotopic (exact) mass is 547 g/mol. The second kappa shape index (κ2) is 12.2. The molecule has 4 aromatic rings. The number of piperazine rings is 1. The summed E-state index contributed by atoms with van der Waals surface area (Å²) in [6.07, 6.45) is -0.217. The summed E-state index contributed by atoms with van der Waals surface area (Å²) in [6.45, 7) is 13.9. The molecule has 0 aliphatic carbocycles. The summed E-state index contributed by atoms with van der Waals surface area (Å²) in [7, 11) is 0. The van der Waals surface area contributed by atoms with Gasteiger partial charge in [0, 0.05) is 49.8 Å². The van der Waals surface area contributed by atoms with Gasteiger partial charge in [-0.25, -0.2) is 4.79 Å². The standard InChI is InChI=1S/C36H41N3O2/c1-27-9-15-32(16-10-27)39(33-17-11-28(2)12-18-33)34-19-13-30(14-20-34)31-8-6-7-29(25-31)26-37-21-23-38(24-22-37)35(40)41-36(3,4)5/h6-20,25H,21-24,26H2,1-5H3. The predicted octanol–water partition coefficient (Wildman–Crippen LogP) is 8.49. The van der Waals surface area contributed by atoms with Crippen molar-refractivity contribution in [3.63, 3.8) is 0 Å². The van der Waals surface area contributed by atoms with Gasteiger partial charge in [-0.1, -0.05) is 65.7 Å². The number of carbonyl (C=O) groups excluding carboxylic acids is 1. The summed E-state index contributed by atoms with van der Waals surface area (Å²) >= 11 is 0. The van der Waals surface area contributed by atoms with Crippen LogP contribution in [0.1, 0.15) is 37.5 Å². The van der Waals surface area contributed by atoms with E-state index in [1.54, 1.807) is 0 Å². The van der Waals surface area contributed by atoms with Crippen LogP contribution in [0, 0.1) is 13.8 Å². The molecule has 0 aromatic heterocycles. The molecule has 1 aliphatic rings. The Balaban J connectivity index is 1.29. The minimum atomic E-state index is -0.466. The molecule has 41 heavy (non-hydrogen) atoms. The smallest absolute Gasteiger partial charge is 0.410 e. The molecule has 0 bridgehead atoms. The Hall–Kier alpha value is -4.09. The van der Waals surface area contributed by atoms with Gasteiger partial charge in [0.25, 0.3) is 0 Å². The number of nitrogens with zero attached hydrogens (tertiary/aromatic N) is 3. The first-order valence-corrected chi connectivity index (χ1v) is 14.5. The molecule has 5 heteroatoms. The fourth-order valence-corrected chi connectivity index (χ4v) is 5.16. The van der Waals surface area contributed by atoms with Crippen LogP contribution in [-0.4, -0.2) is 47.7 Å². The Labute approximate surface area is 245 Å². The molecule has 4 aromatic carbocycles. The van der Waals surface area contributed by atoms with Crippen molar-refractivity contribution in [2.45, 2.75) is 46.8 Å². The number of rotatable bonds is 6. The van der Waals surface area contributed by atoms with Crippen molar-refractivity contribution in [2.24, 2.45) is 0 Å². The molecule has 1 saturated heterocycles. The molecular formula is C36H41N3O2. The first-order valence-electron chi connectivity index (χ1n) is 14.5. The summed E-state index contributed by atoms with van der Waals surface area (Å²) in [5, 5.41) is 0. The second-order valence-electron chi connectivity index (χ2n) is 12.0. The Morgan fingerprint density at radius 3 is 1.73 bits per heavy atom. The molecule has 212 valence electrons. The largest absolute Gasteiger partial charge is 0.444 e. The molecule has 1 heterocycles. The highest BCUT2D eigenvalue weighted by Gasteiger charge is 2.25. The topological polar surface area (TPSA) is 36.0 Å². The molecular weight excluding hydrogens is 506 g/mol. The number of benzene rings is 4. The minimum absolute atomic E-state index is 0.217. The quantitative estimate of drug-likeness (QED) is 0.242. The second-order valence-corrected chi connectivity index (χ2v) is 12.0. The number of carbonyl (C=O) groups is 1. The number of ether oxygens (including phenoxy) is 1. The van der Waals surface area contributed by atoms with Crippen LogP contribution < -0.4 is 4.90 Å². The van der Waals surface area contributed by atoms with Crippen molar-refractivity contribution in [1.82, 2.24) is 9.80 Å². The lowest BCUT2D eigenvalue weighted by atomic mass is 10.0. The Morgan fingerprint density at radius 1 is 0.707 bits per heavy atom. The number of amides is 1. The van der Waals surface area contributed by atoms with Crippen LogP contribution in [-0.2, 0) is 11.3 Å². The Bertz CT molecular complexity index is 1400. The van der Waals surface area contributed by atoms with Gasteiger partial charge in [-0.15, -0.1) is 0 Å². The molecule has 1 aliphatic heterocycles. The fourth-order valence-electron chi connectivity index (χ4n) is 5.16. The van der Waals surface area contributed by atoms with Crippen LogP contribution in [0.2, 0.25) is 0 Å².